The number of aryl methyl sites for hydroxylation is 1. The summed E-state index contributed by atoms with van der Waals surface area (Å²) in [5.74, 6) is 0. The molecule has 0 bridgehead atoms. The van der Waals surface area contributed by atoms with E-state index >= 15 is 0 Å². The maximum atomic E-state index is 6.07. The average molecular weight is 213 g/mol. The molecule has 0 saturated heterocycles. The Hall–Kier alpha value is -1.74. The second-order valence-corrected chi connectivity index (χ2v) is 3.93. The van der Waals surface area contributed by atoms with E-state index in [1.54, 1.807) is 18.6 Å². The minimum atomic E-state index is -0.0875. The number of nitrogens with zero attached hydrogens (tertiary/aromatic N) is 2. The number of nitrogens with two attached hydrogens (primary N) is 1. The van der Waals surface area contributed by atoms with Crippen molar-refractivity contribution in [2.45, 2.75) is 19.4 Å². The van der Waals surface area contributed by atoms with Crippen molar-refractivity contribution in [1.82, 2.24) is 9.97 Å². The van der Waals surface area contributed by atoms with Crippen molar-refractivity contribution in [1.29, 1.82) is 0 Å². The van der Waals surface area contributed by atoms with Gasteiger partial charge in [0.1, 0.15) is 0 Å². The van der Waals surface area contributed by atoms with Crippen LogP contribution in [-0.4, -0.2) is 9.97 Å². The van der Waals surface area contributed by atoms with Gasteiger partial charge < -0.3 is 5.73 Å². The number of aromatic nitrogens is 2. The van der Waals surface area contributed by atoms with Crippen molar-refractivity contribution < 1.29 is 0 Å². The zero-order chi connectivity index (χ0) is 11.4. The van der Waals surface area contributed by atoms with Crippen LogP contribution in [0.5, 0.6) is 0 Å². The lowest BCUT2D eigenvalue weighted by Crippen LogP contribution is -2.15. The van der Waals surface area contributed by atoms with Crippen LogP contribution >= 0.6 is 0 Å². The van der Waals surface area contributed by atoms with Gasteiger partial charge in [-0.1, -0.05) is 29.8 Å². The molecule has 1 unspecified atom stereocenters. The van der Waals surface area contributed by atoms with Crippen molar-refractivity contribution in [3.63, 3.8) is 0 Å². The quantitative estimate of drug-likeness (QED) is 0.848. The fourth-order valence-corrected chi connectivity index (χ4v) is 1.70. The first-order valence-corrected chi connectivity index (χ1v) is 5.33. The SMILES string of the molecule is Cc1cccc(CC(N)c2cnccn2)c1. The Morgan fingerprint density at radius 1 is 1.31 bits per heavy atom. The molecule has 2 aromatic rings. The molecule has 0 amide bonds. The molecule has 3 heteroatoms. The highest BCUT2D eigenvalue weighted by atomic mass is 14.8. The molecule has 1 atom stereocenters. The van der Waals surface area contributed by atoms with E-state index in [-0.39, 0.29) is 6.04 Å². The van der Waals surface area contributed by atoms with E-state index in [2.05, 4.69) is 35.1 Å². The fourth-order valence-electron chi connectivity index (χ4n) is 1.70. The minimum Gasteiger partial charge on any atom is -0.322 e. The third-order valence-electron chi connectivity index (χ3n) is 2.50. The summed E-state index contributed by atoms with van der Waals surface area (Å²) in [6.07, 6.45) is 5.84. The summed E-state index contributed by atoms with van der Waals surface area (Å²) >= 11 is 0. The first-order chi connectivity index (χ1) is 7.75. The lowest BCUT2D eigenvalue weighted by Gasteiger charge is -2.10. The van der Waals surface area contributed by atoms with Crippen LogP contribution in [0.4, 0.5) is 0 Å². The average Bonchev–Trinajstić information content (AvgIpc) is 2.30. The molecule has 0 aliphatic rings. The molecule has 1 aromatic carbocycles. The van der Waals surface area contributed by atoms with E-state index in [0.29, 0.717) is 0 Å². The van der Waals surface area contributed by atoms with E-state index in [9.17, 15) is 0 Å². The lowest BCUT2D eigenvalue weighted by molar-refractivity contribution is 0.691. The minimum absolute atomic E-state index is 0.0875. The highest BCUT2D eigenvalue weighted by Crippen LogP contribution is 2.13. The first kappa shape index (κ1) is 10.8. The van der Waals surface area contributed by atoms with Crippen LogP contribution in [-0.2, 0) is 6.42 Å². The van der Waals surface area contributed by atoms with Crippen LogP contribution in [0.15, 0.2) is 42.9 Å². The molecule has 3 nitrogen and oxygen atoms in total. The van der Waals surface area contributed by atoms with Crippen molar-refractivity contribution >= 4 is 0 Å². The van der Waals surface area contributed by atoms with Gasteiger partial charge in [-0.25, -0.2) is 0 Å². The van der Waals surface area contributed by atoms with Crippen LogP contribution < -0.4 is 5.73 Å². The number of benzene rings is 1. The number of rotatable bonds is 3. The van der Waals surface area contributed by atoms with Gasteiger partial charge in [0.15, 0.2) is 0 Å². The normalized spacial score (nSPS) is 12.4. The van der Waals surface area contributed by atoms with Crippen LogP contribution in [0.3, 0.4) is 0 Å². The van der Waals surface area contributed by atoms with Gasteiger partial charge >= 0.3 is 0 Å². The molecule has 0 spiro atoms. The Balaban J connectivity index is 2.11. The molecule has 82 valence electrons. The van der Waals surface area contributed by atoms with Crippen molar-refractivity contribution in [2.75, 3.05) is 0 Å². The summed E-state index contributed by atoms with van der Waals surface area (Å²) in [7, 11) is 0. The third-order valence-corrected chi connectivity index (χ3v) is 2.50. The summed E-state index contributed by atoms with van der Waals surface area (Å²) in [6.45, 7) is 2.08. The highest BCUT2D eigenvalue weighted by molar-refractivity contribution is 5.24. The van der Waals surface area contributed by atoms with Gasteiger partial charge in [-0.15, -0.1) is 0 Å². The van der Waals surface area contributed by atoms with Crippen LogP contribution in [0.2, 0.25) is 0 Å². The van der Waals surface area contributed by atoms with Gasteiger partial charge in [0.05, 0.1) is 11.7 Å². The van der Waals surface area contributed by atoms with Gasteiger partial charge in [-0.05, 0) is 18.9 Å². The predicted octanol–water partition coefficient (Wildman–Crippen LogP) is 2.03. The molecular weight excluding hydrogens is 198 g/mol. The zero-order valence-corrected chi connectivity index (χ0v) is 9.30. The van der Waals surface area contributed by atoms with E-state index in [1.807, 2.05) is 6.07 Å². The number of hydrogen-bond donors (Lipinski definition) is 1. The maximum Gasteiger partial charge on any atom is 0.0757 e. The zero-order valence-electron chi connectivity index (χ0n) is 9.30. The Bertz CT molecular complexity index is 454. The summed E-state index contributed by atoms with van der Waals surface area (Å²) in [5, 5.41) is 0. The molecule has 0 aliphatic heterocycles. The van der Waals surface area contributed by atoms with Gasteiger partial charge in [0.25, 0.3) is 0 Å². The Kier molecular flexibility index (Phi) is 3.27. The van der Waals surface area contributed by atoms with Gasteiger partial charge in [-0.3, -0.25) is 9.97 Å². The maximum absolute atomic E-state index is 6.07. The molecule has 1 aromatic heterocycles. The summed E-state index contributed by atoms with van der Waals surface area (Å²) < 4.78 is 0. The molecule has 0 fully saturated rings. The van der Waals surface area contributed by atoms with E-state index in [1.165, 1.54) is 11.1 Å². The lowest BCUT2D eigenvalue weighted by atomic mass is 10.0. The molecule has 2 rings (SSSR count). The first-order valence-electron chi connectivity index (χ1n) is 5.33. The van der Waals surface area contributed by atoms with Gasteiger partial charge in [0, 0.05) is 18.6 Å². The third kappa shape index (κ3) is 2.64. The summed E-state index contributed by atoms with van der Waals surface area (Å²) in [4.78, 5) is 8.23. The Labute approximate surface area is 95.4 Å². The molecular formula is C13H15N3. The van der Waals surface area contributed by atoms with E-state index in [0.717, 1.165) is 12.1 Å². The summed E-state index contributed by atoms with van der Waals surface area (Å²) in [5.41, 5.74) is 9.40. The predicted molar refractivity (Wildman–Crippen MR) is 63.8 cm³/mol. The topological polar surface area (TPSA) is 51.8 Å². The molecule has 2 N–H and O–H groups in total. The molecule has 16 heavy (non-hydrogen) atoms. The van der Waals surface area contributed by atoms with Gasteiger partial charge in [0.2, 0.25) is 0 Å². The number of hydrogen-bond acceptors (Lipinski definition) is 3. The summed E-state index contributed by atoms with van der Waals surface area (Å²) in [6, 6.07) is 8.28. The van der Waals surface area contributed by atoms with Crippen LogP contribution in [0, 0.1) is 6.92 Å². The highest BCUT2D eigenvalue weighted by Gasteiger charge is 2.08. The molecule has 0 radical (unpaired) electrons. The van der Waals surface area contributed by atoms with Gasteiger partial charge in [-0.2, -0.15) is 0 Å². The van der Waals surface area contributed by atoms with Crippen molar-refractivity contribution in [3.05, 3.63) is 59.7 Å². The molecule has 1 heterocycles. The molecule has 0 aliphatic carbocycles. The molecule has 0 saturated carbocycles. The Morgan fingerprint density at radius 3 is 2.88 bits per heavy atom. The monoisotopic (exact) mass is 213 g/mol. The van der Waals surface area contributed by atoms with Crippen molar-refractivity contribution in [3.8, 4) is 0 Å². The smallest absolute Gasteiger partial charge is 0.0757 e. The Morgan fingerprint density at radius 2 is 2.19 bits per heavy atom. The van der Waals surface area contributed by atoms with Crippen LogP contribution in [0.1, 0.15) is 22.9 Å². The van der Waals surface area contributed by atoms with E-state index in [4.69, 9.17) is 5.73 Å². The fraction of sp³-hybridized carbons (Fsp3) is 0.231. The van der Waals surface area contributed by atoms with Crippen molar-refractivity contribution in [2.24, 2.45) is 5.73 Å². The second-order valence-electron chi connectivity index (χ2n) is 3.93. The largest absolute Gasteiger partial charge is 0.322 e. The standard InChI is InChI=1S/C13H15N3/c1-10-3-2-4-11(7-10)8-12(14)13-9-15-5-6-16-13/h2-7,9,12H,8,14H2,1H3. The van der Waals surface area contributed by atoms with Crippen LogP contribution in [0.25, 0.3) is 0 Å². The van der Waals surface area contributed by atoms with E-state index < -0.39 is 0 Å². The second kappa shape index (κ2) is 4.86.